The first-order valence-electron chi connectivity index (χ1n) is 7.37. The van der Waals surface area contributed by atoms with E-state index in [0.717, 1.165) is 18.0 Å². The third-order valence-corrected chi connectivity index (χ3v) is 3.93. The van der Waals surface area contributed by atoms with E-state index in [2.05, 4.69) is 17.0 Å². The molecule has 2 aliphatic rings. The lowest BCUT2D eigenvalue weighted by Gasteiger charge is -2.30. The molecule has 0 spiro atoms. The minimum atomic E-state index is -0.141. The predicted octanol–water partition coefficient (Wildman–Crippen LogP) is 2.73. The molecule has 4 nitrogen and oxygen atoms in total. The number of piperidine rings is 1. The van der Waals surface area contributed by atoms with Crippen molar-refractivity contribution in [3.05, 3.63) is 23.8 Å². The van der Waals surface area contributed by atoms with Crippen molar-refractivity contribution in [3.8, 4) is 17.6 Å². The van der Waals surface area contributed by atoms with Gasteiger partial charge in [0.05, 0.1) is 12.5 Å². The smallest absolute Gasteiger partial charge is 0.165 e. The maximum Gasteiger partial charge on any atom is 0.165 e. The highest BCUT2D eigenvalue weighted by atomic mass is 16.6. The van der Waals surface area contributed by atoms with E-state index in [1.807, 2.05) is 12.1 Å². The van der Waals surface area contributed by atoms with E-state index in [0.29, 0.717) is 13.0 Å². The van der Waals surface area contributed by atoms with Crippen LogP contribution >= 0.6 is 0 Å². The maximum atomic E-state index is 8.75. The Balaban J connectivity index is 1.73. The van der Waals surface area contributed by atoms with Crippen LogP contribution in [0.15, 0.2) is 18.2 Å². The zero-order valence-electron chi connectivity index (χ0n) is 11.7. The second-order valence-electron chi connectivity index (χ2n) is 5.49. The first-order valence-corrected chi connectivity index (χ1v) is 7.37. The number of benzene rings is 1. The topological polar surface area (TPSA) is 45.5 Å². The number of hydrogen-bond donors (Lipinski definition) is 0. The molecule has 4 heteroatoms. The number of fused-ring (bicyclic) bond motifs is 1. The molecule has 106 valence electrons. The molecule has 0 radical (unpaired) electrons. The molecule has 0 aromatic heterocycles. The number of para-hydroxylation sites is 1. The number of nitriles is 1. The quantitative estimate of drug-likeness (QED) is 0.848. The standard InChI is InChI=1S/C16H20N2O2/c17-8-7-14-12-19-16-13(5-4-6-15(16)20-14)11-18-9-2-1-3-10-18/h4-6,14H,1-3,7,9-12H2. The van der Waals surface area contributed by atoms with E-state index >= 15 is 0 Å². The van der Waals surface area contributed by atoms with Crippen molar-refractivity contribution >= 4 is 0 Å². The van der Waals surface area contributed by atoms with Crippen LogP contribution in [-0.4, -0.2) is 30.7 Å². The summed E-state index contributed by atoms with van der Waals surface area (Å²) >= 11 is 0. The molecule has 0 saturated carbocycles. The molecule has 20 heavy (non-hydrogen) atoms. The van der Waals surface area contributed by atoms with Crippen LogP contribution < -0.4 is 9.47 Å². The third-order valence-electron chi connectivity index (χ3n) is 3.93. The van der Waals surface area contributed by atoms with Crippen LogP contribution in [0.1, 0.15) is 31.2 Å². The number of hydrogen-bond acceptors (Lipinski definition) is 4. The van der Waals surface area contributed by atoms with E-state index in [4.69, 9.17) is 14.7 Å². The summed E-state index contributed by atoms with van der Waals surface area (Å²) in [4.78, 5) is 2.48. The van der Waals surface area contributed by atoms with Gasteiger partial charge >= 0.3 is 0 Å². The van der Waals surface area contributed by atoms with Gasteiger partial charge in [-0.05, 0) is 32.0 Å². The normalized spacial score (nSPS) is 22.2. The van der Waals surface area contributed by atoms with Gasteiger partial charge in [0.1, 0.15) is 12.7 Å². The molecule has 0 bridgehead atoms. The molecule has 1 unspecified atom stereocenters. The Bertz CT molecular complexity index is 504. The zero-order chi connectivity index (χ0) is 13.8. The number of rotatable bonds is 3. The molecule has 2 aliphatic heterocycles. The highest BCUT2D eigenvalue weighted by molar-refractivity contribution is 5.47. The molecule has 1 aromatic rings. The van der Waals surface area contributed by atoms with Crippen molar-refractivity contribution in [1.82, 2.24) is 4.90 Å². The van der Waals surface area contributed by atoms with Crippen LogP contribution in [-0.2, 0) is 6.54 Å². The zero-order valence-corrected chi connectivity index (χ0v) is 11.7. The van der Waals surface area contributed by atoms with Crippen LogP contribution in [0.3, 0.4) is 0 Å². The summed E-state index contributed by atoms with van der Waals surface area (Å²) in [6.45, 7) is 3.73. The van der Waals surface area contributed by atoms with Crippen LogP contribution in [0.2, 0.25) is 0 Å². The molecule has 1 fully saturated rings. The number of nitrogens with zero attached hydrogens (tertiary/aromatic N) is 2. The largest absolute Gasteiger partial charge is 0.485 e. The van der Waals surface area contributed by atoms with Crippen LogP contribution in [0, 0.1) is 11.3 Å². The fraction of sp³-hybridized carbons (Fsp3) is 0.562. The van der Waals surface area contributed by atoms with E-state index in [1.54, 1.807) is 0 Å². The predicted molar refractivity (Wildman–Crippen MR) is 75.7 cm³/mol. The van der Waals surface area contributed by atoms with Crippen molar-refractivity contribution in [2.24, 2.45) is 0 Å². The number of likely N-dealkylation sites (tertiary alicyclic amines) is 1. The Labute approximate surface area is 119 Å². The summed E-state index contributed by atoms with van der Waals surface area (Å²) in [7, 11) is 0. The highest BCUT2D eigenvalue weighted by Crippen LogP contribution is 2.36. The van der Waals surface area contributed by atoms with E-state index in [1.165, 1.54) is 37.9 Å². The minimum absolute atomic E-state index is 0.141. The van der Waals surface area contributed by atoms with E-state index in [9.17, 15) is 0 Å². The van der Waals surface area contributed by atoms with Gasteiger partial charge in [0, 0.05) is 12.1 Å². The lowest BCUT2D eigenvalue weighted by atomic mass is 10.1. The third kappa shape index (κ3) is 2.88. The average molecular weight is 272 g/mol. The van der Waals surface area contributed by atoms with Gasteiger partial charge in [0.15, 0.2) is 11.5 Å². The van der Waals surface area contributed by atoms with Gasteiger partial charge in [0.2, 0.25) is 0 Å². The lowest BCUT2D eigenvalue weighted by molar-refractivity contribution is 0.0916. The SMILES string of the molecule is N#CCC1COc2c(CN3CCCCC3)cccc2O1. The molecule has 1 saturated heterocycles. The molecule has 3 rings (SSSR count). The second-order valence-corrected chi connectivity index (χ2v) is 5.49. The summed E-state index contributed by atoms with van der Waals surface area (Å²) in [6.07, 6.45) is 4.15. The van der Waals surface area contributed by atoms with Crippen molar-refractivity contribution in [2.45, 2.75) is 38.3 Å². The fourth-order valence-electron chi connectivity index (χ4n) is 2.89. The summed E-state index contributed by atoms with van der Waals surface area (Å²) < 4.78 is 11.7. The highest BCUT2D eigenvalue weighted by Gasteiger charge is 2.24. The van der Waals surface area contributed by atoms with Crippen molar-refractivity contribution in [1.29, 1.82) is 5.26 Å². The molecule has 0 N–H and O–H groups in total. The summed E-state index contributed by atoms with van der Waals surface area (Å²) in [5, 5.41) is 8.75. The molecule has 1 atom stereocenters. The molecular formula is C16H20N2O2. The maximum absolute atomic E-state index is 8.75. The Hall–Kier alpha value is -1.73. The van der Waals surface area contributed by atoms with E-state index in [-0.39, 0.29) is 6.10 Å². The summed E-state index contributed by atoms with van der Waals surface area (Å²) in [5.74, 6) is 1.65. The van der Waals surface area contributed by atoms with Gasteiger partial charge in [-0.25, -0.2) is 0 Å². The van der Waals surface area contributed by atoms with Crippen LogP contribution in [0.4, 0.5) is 0 Å². The molecule has 2 heterocycles. The first-order chi connectivity index (χ1) is 9.86. The summed E-state index contributed by atoms with van der Waals surface area (Å²) in [6, 6.07) is 8.19. The van der Waals surface area contributed by atoms with Crippen LogP contribution in [0.5, 0.6) is 11.5 Å². The lowest BCUT2D eigenvalue weighted by Crippen LogP contribution is -2.31. The van der Waals surface area contributed by atoms with Gasteiger partial charge in [-0.3, -0.25) is 4.90 Å². The summed E-state index contributed by atoms with van der Waals surface area (Å²) in [5.41, 5.74) is 1.19. The van der Waals surface area contributed by atoms with Crippen molar-refractivity contribution in [3.63, 3.8) is 0 Å². The van der Waals surface area contributed by atoms with Crippen LogP contribution in [0.25, 0.3) is 0 Å². The Kier molecular flexibility index (Phi) is 4.08. The Morgan fingerprint density at radius 3 is 2.90 bits per heavy atom. The number of ether oxygens (including phenoxy) is 2. The first kappa shape index (κ1) is 13.3. The fourth-order valence-corrected chi connectivity index (χ4v) is 2.89. The molecular weight excluding hydrogens is 252 g/mol. The molecule has 1 aromatic carbocycles. The monoisotopic (exact) mass is 272 g/mol. The Morgan fingerprint density at radius 2 is 2.10 bits per heavy atom. The Morgan fingerprint density at radius 1 is 1.25 bits per heavy atom. The van der Waals surface area contributed by atoms with Gasteiger partial charge in [-0.1, -0.05) is 18.6 Å². The van der Waals surface area contributed by atoms with Gasteiger partial charge in [-0.2, -0.15) is 5.26 Å². The van der Waals surface area contributed by atoms with Crippen molar-refractivity contribution < 1.29 is 9.47 Å². The van der Waals surface area contributed by atoms with Gasteiger partial charge in [0.25, 0.3) is 0 Å². The minimum Gasteiger partial charge on any atom is -0.485 e. The van der Waals surface area contributed by atoms with Crippen molar-refractivity contribution in [2.75, 3.05) is 19.7 Å². The van der Waals surface area contributed by atoms with E-state index < -0.39 is 0 Å². The van der Waals surface area contributed by atoms with Gasteiger partial charge < -0.3 is 9.47 Å². The second kappa shape index (κ2) is 6.15. The average Bonchev–Trinajstić information content (AvgIpc) is 2.49. The van der Waals surface area contributed by atoms with Gasteiger partial charge in [-0.15, -0.1) is 0 Å². The molecule has 0 aliphatic carbocycles. The molecule has 0 amide bonds.